The molecule has 2 aromatic rings. The molecular weight excluding hydrogens is 552 g/mol. The number of rotatable bonds is 9. The number of nitrogen functional groups attached to an aromatic ring is 1. The molecule has 2 aromatic heterocycles. The molecule has 2 aliphatic rings. The van der Waals surface area contributed by atoms with Gasteiger partial charge in [-0.05, 0) is 0 Å². The van der Waals surface area contributed by atoms with Crippen LogP contribution in [0, 0.1) is 0 Å². The molecule has 2 atom stereocenters. The molecule has 0 unspecified atom stereocenters. The van der Waals surface area contributed by atoms with E-state index in [1.54, 1.807) is 0 Å². The number of carboxylic acids is 1. The number of hydrogen-bond donors (Lipinski definition) is 4. The van der Waals surface area contributed by atoms with Crippen LogP contribution in [0.4, 0.5) is 9.93 Å². The highest BCUT2D eigenvalue weighted by molar-refractivity contribution is 8.01. The van der Waals surface area contributed by atoms with Gasteiger partial charge in [0.05, 0.1) is 0 Å². The van der Waals surface area contributed by atoms with Crippen molar-refractivity contribution in [3.05, 3.63) is 28.4 Å². The van der Waals surface area contributed by atoms with E-state index in [1.807, 2.05) is 0 Å². The quantitative estimate of drug-likeness (QED) is 0.102. The Morgan fingerprint density at radius 3 is 2.70 bits per heavy atom. The minimum Gasteiger partial charge on any atom is -0.475 e. The van der Waals surface area contributed by atoms with Gasteiger partial charge in [0, 0.05) is 29.5 Å². The average molecular weight is 571 g/mol. The molecule has 5 N–H and O–H groups in total. The molecule has 37 heavy (non-hydrogen) atoms. The lowest BCUT2D eigenvalue weighted by atomic mass is 10.1. The van der Waals surface area contributed by atoms with Crippen molar-refractivity contribution in [2.75, 3.05) is 24.3 Å². The Hall–Kier alpha value is -3.84. The number of carbonyl (C=O) groups excluding carboxylic acids is 2. The molecule has 0 spiro atoms. The summed E-state index contributed by atoms with van der Waals surface area (Å²) >= 11 is 3.48. The van der Waals surface area contributed by atoms with Crippen molar-refractivity contribution >= 4 is 69.6 Å². The van der Waals surface area contributed by atoms with Gasteiger partial charge in [-0.3, -0.25) is 14.5 Å². The van der Waals surface area contributed by atoms with E-state index in [2.05, 4.69) is 25.5 Å². The first-order chi connectivity index (χ1) is 17.6. The van der Waals surface area contributed by atoms with Crippen LogP contribution in [0.3, 0.4) is 0 Å². The number of carboxylic acid groups (broad SMARTS) is 2. The van der Waals surface area contributed by atoms with Crippen LogP contribution in [0.25, 0.3) is 0 Å². The summed E-state index contributed by atoms with van der Waals surface area (Å²) in [4.78, 5) is 62.1. The number of β-lactam (4-membered cyclic amide) rings is 1. The Kier molecular flexibility index (Phi) is 7.55. The molecule has 0 saturated carbocycles. The van der Waals surface area contributed by atoms with Crippen molar-refractivity contribution < 1.29 is 39.0 Å². The van der Waals surface area contributed by atoms with Crippen LogP contribution in [0.1, 0.15) is 16.3 Å². The number of nitrogens with one attached hydrogen (secondary N) is 1. The van der Waals surface area contributed by atoms with E-state index >= 15 is 0 Å². The summed E-state index contributed by atoms with van der Waals surface area (Å²) in [7, 11) is 2.77. The number of thiazole rings is 1. The van der Waals surface area contributed by atoms with E-state index in [4.69, 9.17) is 20.4 Å². The van der Waals surface area contributed by atoms with Gasteiger partial charge in [0.2, 0.25) is 5.88 Å². The summed E-state index contributed by atoms with van der Waals surface area (Å²) < 4.78 is 6.22. The van der Waals surface area contributed by atoms with Crippen LogP contribution in [0.5, 0.6) is 0 Å². The molecule has 16 nitrogen and oxygen atoms in total. The summed E-state index contributed by atoms with van der Waals surface area (Å²) in [5, 5.41) is 29.7. The number of ether oxygens (including phenoxy) is 1. The summed E-state index contributed by atoms with van der Waals surface area (Å²) in [5.41, 5.74) is 6.08. The van der Waals surface area contributed by atoms with Crippen molar-refractivity contribution in [2.45, 2.75) is 16.6 Å². The maximum absolute atomic E-state index is 13.0. The van der Waals surface area contributed by atoms with Crippen molar-refractivity contribution in [3.63, 3.8) is 0 Å². The predicted octanol–water partition coefficient (Wildman–Crippen LogP) is 0.000900. The van der Waals surface area contributed by atoms with Crippen molar-refractivity contribution in [1.82, 2.24) is 30.0 Å². The summed E-state index contributed by atoms with van der Waals surface area (Å²) in [6.45, 7) is 0. The number of nitrogens with two attached hydrogens (primary N) is 1. The number of anilines is 1. The van der Waals surface area contributed by atoms with E-state index in [-0.39, 0.29) is 44.9 Å². The minimum atomic E-state index is -1.62. The van der Waals surface area contributed by atoms with Crippen LogP contribution in [-0.4, -0.2) is 94.5 Å². The number of aryl methyl sites for hydroxylation is 1. The molecule has 2 amide bonds. The standard InChI is InChI=1S/C18H18N8O8S3/c1-25-17(22-10(23-25)15(29)30)37-4-6-3-35-14-9(12(28)26(14)13(6)34-18(31)32)21-11(27)8(24-33-2)7-5-36-16(19)20-7/h5,9,14H,3-4H2,1-2H3,(H2,19,20)(H,21,27)(H,29,30)(H,31,32)/t9-,14-/m1/s1. The van der Waals surface area contributed by atoms with Gasteiger partial charge in [0.1, 0.15) is 24.2 Å². The molecule has 0 bridgehead atoms. The average Bonchev–Trinajstić information content (AvgIpc) is 3.44. The third-order valence-electron chi connectivity index (χ3n) is 4.92. The van der Waals surface area contributed by atoms with Crippen molar-refractivity contribution in [3.8, 4) is 0 Å². The third kappa shape index (κ3) is 5.32. The summed E-state index contributed by atoms with van der Waals surface area (Å²) in [5.74, 6) is -2.75. The molecule has 2 aliphatic heterocycles. The molecule has 1 fully saturated rings. The van der Waals surface area contributed by atoms with Crippen LogP contribution in [0.2, 0.25) is 0 Å². The van der Waals surface area contributed by atoms with E-state index in [9.17, 15) is 24.3 Å². The number of nitrogens with zero attached hydrogens (tertiary/aromatic N) is 6. The number of aromatic nitrogens is 4. The summed E-state index contributed by atoms with van der Waals surface area (Å²) in [6, 6.07) is -0.992. The van der Waals surface area contributed by atoms with Crippen LogP contribution in [0.15, 0.2) is 27.1 Å². The number of thioether (sulfide) groups is 2. The van der Waals surface area contributed by atoms with E-state index in [0.717, 1.165) is 28.0 Å². The lowest BCUT2D eigenvalue weighted by Crippen LogP contribution is -2.70. The molecule has 0 aliphatic carbocycles. The lowest BCUT2D eigenvalue weighted by molar-refractivity contribution is -0.148. The fraction of sp³-hybridized carbons (Fsp3) is 0.333. The fourth-order valence-corrected chi connectivity index (χ4v) is 6.26. The smallest absolute Gasteiger partial charge is 0.475 e. The zero-order valence-electron chi connectivity index (χ0n) is 19.0. The Labute approximate surface area is 219 Å². The Bertz CT molecular complexity index is 1340. The van der Waals surface area contributed by atoms with Gasteiger partial charge in [-0.1, -0.05) is 16.9 Å². The van der Waals surface area contributed by atoms with Gasteiger partial charge in [-0.2, -0.15) is 4.98 Å². The normalized spacial score (nSPS) is 19.2. The molecule has 196 valence electrons. The van der Waals surface area contributed by atoms with E-state index in [1.165, 1.54) is 36.0 Å². The number of fused-ring (bicyclic) bond motifs is 1. The number of hydrogen-bond acceptors (Lipinski definition) is 14. The van der Waals surface area contributed by atoms with Crippen molar-refractivity contribution in [1.29, 1.82) is 0 Å². The second kappa shape index (κ2) is 10.6. The van der Waals surface area contributed by atoms with E-state index in [0.29, 0.717) is 5.57 Å². The predicted molar refractivity (Wildman–Crippen MR) is 130 cm³/mol. The SMILES string of the molecule is CON=C(C(=O)N[C@@H]1C(=O)N2C(OC(=O)O)=C(CSc3nc(C(=O)O)nn3C)CS[C@H]12)c1csc(N)n1. The first kappa shape index (κ1) is 26.2. The molecule has 0 radical (unpaired) electrons. The fourth-order valence-electron chi connectivity index (χ4n) is 3.35. The highest BCUT2D eigenvalue weighted by Crippen LogP contribution is 2.42. The molecule has 4 rings (SSSR count). The third-order valence-corrected chi connectivity index (χ3v) is 8.04. The summed E-state index contributed by atoms with van der Waals surface area (Å²) in [6.07, 6.45) is -1.62. The first-order valence-corrected chi connectivity index (χ1v) is 13.0. The maximum atomic E-state index is 13.0. The van der Waals surface area contributed by atoms with Gasteiger partial charge in [-0.25, -0.2) is 19.3 Å². The Balaban J connectivity index is 1.50. The van der Waals surface area contributed by atoms with Gasteiger partial charge in [0.25, 0.3) is 17.6 Å². The molecule has 1 saturated heterocycles. The van der Waals surface area contributed by atoms with E-state index < -0.39 is 35.4 Å². The highest BCUT2D eigenvalue weighted by atomic mass is 32.2. The largest absolute Gasteiger partial charge is 0.512 e. The zero-order chi connectivity index (χ0) is 26.9. The van der Waals surface area contributed by atoms with Gasteiger partial charge in [0.15, 0.2) is 16.0 Å². The topological polar surface area (TPSA) is 224 Å². The van der Waals surface area contributed by atoms with Gasteiger partial charge in [-0.15, -0.1) is 28.2 Å². The second-order valence-electron chi connectivity index (χ2n) is 7.27. The maximum Gasteiger partial charge on any atom is 0.512 e. The van der Waals surface area contributed by atoms with Crippen LogP contribution in [-0.2, 0) is 26.2 Å². The number of amides is 2. The van der Waals surface area contributed by atoms with Gasteiger partial charge < -0.3 is 30.8 Å². The van der Waals surface area contributed by atoms with Gasteiger partial charge >= 0.3 is 12.1 Å². The lowest BCUT2D eigenvalue weighted by Gasteiger charge is -2.49. The minimum absolute atomic E-state index is 0.143. The van der Waals surface area contributed by atoms with Crippen molar-refractivity contribution in [2.24, 2.45) is 12.2 Å². The number of carbonyl (C=O) groups is 4. The molecule has 0 aromatic carbocycles. The molecular formula is C18H18N8O8S3. The monoisotopic (exact) mass is 570 g/mol. The zero-order valence-corrected chi connectivity index (χ0v) is 21.4. The number of oxime groups is 1. The highest BCUT2D eigenvalue weighted by Gasteiger charge is 2.54. The Morgan fingerprint density at radius 1 is 1.35 bits per heavy atom. The molecule has 19 heteroatoms. The molecule has 4 heterocycles. The Morgan fingerprint density at radius 2 is 2.11 bits per heavy atom. The number of aromatic carboxylic acids is 1. The first-order valence-electron chi connectivity index (χ1n) is 10.1. The van der Waals surface area contributed by atoms with Crippen LogP contribution < -0.4 is 11.1 Å². The van der Waals surface area contributed by atoms with Crippen LogP contribution >= 0.6 is 34.9 Å². The second-order valence-corrected chi connectivity index (χ2v) is 10.2.